The largest absolute Gasteiger partial charge is 0.307 e. The molecule has 0 aliphatic heterocycles. The molecule has 17 heavy (non-hydrogen) atoms. The first kappa shape index (κ1) is 11.9. The molecule has 0 saturated heterocycles. The molecule has 0 heterocycles. The van der Waals surface area contributed by atoms with Crippen molar-refractivity contribution in [3.05, 3.63) is 47.5 Å². The Kier molecular flexibility index (Phi) is 3.95. The zero-order valence-corrected chi connectivity index (χ0v) is 10.2. The van der Waals surface area contributed by atoms with Crippen LogP contribution in [0.1, 0.15) is 43.4 Å². The topological polar surface area (TPSA) is 35.8 Å². The van der Waals surface area contributed by atoms with E-state index in [2.05, 4.69) is 30.5 Å². The minimum Gasteiger partial charge on any atom is -0.307 e. The van der Waals surface area contributed by atoms with Crippen molar-refractivity contribution in [2.75, 3.05) is 0 Å². The van der Waals surface area contributed by atoms with Crippen molar-refractivity contribution in [3.8, 4) is 6.07 Å². The van der Waals surface area contributed by atoms with E-state index in [9.17, 15) is 0 Å². The molecule has 1 aliphatic carbocycles. The van der Waals surface area contributed by atoms with Gasteiger partial charge in [0, 0.05) is 12.1 Å². The van der Waals surface area contributed by atoms with Crippen molar-refractivity contribution in [1.29, 1.82) is 5.26 Å². The zero-order chi connectivity index (χ0) is 12.1. The Labute approximate surface area is 103 Å². The van der Waals surface area contributed by atoms with Gasteiger partial charge in [-0.15, -0.1) is 0 Å². The quantitative estimate of drug-likeness (QED) is 0.802. The summed E-state index contributed by atoms with van der Waals surface area (Å²) in [7, 11) is 0. The number of rotatable bonds is 3. The maximum absolute atomic E-state index is 8.75. The number of allylic oxidation sites excluding steroid dienone is 1. The monoisotopic (exact) mass is 226 g/mol. The average molecular weight is 226 g/mol. The molecule has 0 bridgehead atoms. The van der Waals surface area contributed by atoms with Gasteiger partial charge in [0.1, 0.15) is 0 Å². The predicted octanol–water partition coefficient (Wildman–Crippen LogP) is 3.32. The first-order chi connectivity index (χ1) is 8.29. The van der Waals surface area contributed by atoms with E-state index >= 15 is 0 Å². The highest BCUT2D eigenvalue weighted by Crippen LogP contribution is 2.18. The average Bonchev–Trinajstić information content (AvgIpc) is 2.40. The van der Waals surface area contributed by atoms with E-state index in [0.717, 1.165) is 12.0 Å². The molecule has 2 unspecified atom stereocenters. The molecule has 2 nitrogen and oxygen atoms in total. The molecule has 0 aromatic heterocycles. The van der Waals surface area contributed by atoms with Crippen LogP contribution in [0, 0.1) is 11.3 Å². The van der Waals surface area contributed by atoms with E-state index in [1.165, 1.54) is 18.4 Å². The van der Waals surface area contributed by atoms with Crippen LogP contribution in [0.25, 0.3) is 0 Å². The Morgan fingerprint density at radius 2 is 2.06 bits per heavy atom. The third-order valence-electron chi connectivity index (χ3n) is 3.29. The lowest BCUT2D eigenvalue weighted by Gasteiger charge is -2.24. The van der Waals surface area contributed by atoms with Gasteiger partial charge in [0.25, 0.3) is 0 Å². The van der Waals surface area contributed by atoms with Crippen LogP contribution in [0.2, 0.25) is 0 Å². The molecule has 1 aliphatic rings. The fourth-order valence-electron chi connectivity index (χ4n) is 2.24. The molecule has 1 aromatic carbocycles. The minimum atomic E-state index is 0.347. The fourth-order valence-corrected chi connectivity index (χ4v) is 2.24. The number of nitrogens with zero attached hydrogens (tertiary/aromatic N) is 1. The lowest BCUT2D eigenvalue weighted by Crippen LogP contribution is -2.32. The van der Waals surface area contributed by atoms with Gasteiger partial charge in [-0.3, -0.25) is 0 Å². The Morgan fingerprint density at radius 3 is 2.65 bits per heavy atom. The van der Waals surface area contributed by atoms with Gasteiger partial charge >= 0.3 is 0 Å². The lowest BCUT2D eigenvalue weighted by molar-refractivity contribution is 0.426. The summed E-state index contributed by atoms with van der Waals surface area (Å²) in [5, 5.41) is 12.4. The van der Waals surface area contributed by atoms with Crippen LogP contribution in [0.5, 0.6) is 0 Å². The van der Waals surface area contributed by atoms with Crippen molar-refractivity contribution in [2.24, 2.45) is 0 Å². The van der Waals surface area contributed by atoms with E-state index in [1.54, 1.807) is 0 Å². The second-order valence-corrected chi connectivity index (χ2v) is 4.60. The van der Waals surface area contributed by atoms with Crippen LogP contribution in [0.3, 0.4) is 0 Å². The van der Waals surface area contributed by atoms with Gasteiger partial charge in [0.2, 0.25) is 0 Å². The van der Waals surface area contributed by atoms with Crippen LogP contribution in [0.4, 0.5) is 0 Å². The molecular weight excluding hydrogens is 208 g/mol. The summed E-state index contributed by atoms with van der Waals surface area (Å²) < 4.78 is 0. The molecule has 88 valence electrons. The van der Waals surface area contributed by atoms with Gasteiger partial charge in [-0.25, -0.2) is 0 Å². The Morgan fingerprint density at radius 1 is 1.29 bits per heavy atom. The number of nitriles is 1. The van der Waals surface area contributed by atoms with Crippen LogP contribution in [-0.4, -0.2) is 6.04 Å². The molecule has 2 rings (SSSR count). The molecule has 0 fully saturated rings. The number of nitrogens with one attached hydrogen (secondary N) is 1. The second kappa shape index (κ2) is 5.65. The second-order valence-electron chi connectivity index (χ2n) is 4.60. The van der Waals surface area contributed by atoms with E-state index in [-0.39, 0.29) is 0 Å². The van der Waals surface area contributed by atoms with E-state index in [0.29, 0.717) is 12.1 Å². The molecule has 2 heteroatoms. The molecule has 2 atom stereocenters. The third-order valence-corrected chi connectivity index (χ3v) is 3.29. The molecular formula is C15H18N2. The Bertz CT molecular complexity index is 425. The molecule has 0 radical (unpaired) electrons. The van der Waals surface area contributed by atoms with Crippen molar-refractivity contribution >= 4 is 0 Å². The van der Waals surface area contributed by atoms with Crippen LogP contribution >= 0.6 is 0 Å². The van der Waals surface area contributed by atoms with E-state index in [4.69, 9.17) is 5.26 Å². The molecule has 1 aromatic rings. The summed E-state index contributed by atoms with van der Waals surface area (Å²) in [6.07, 6.45) is 8.03. The van der Waals surface area contributed by atoms with Gasteiger partial charge in [-0.1, -0.05) is 24.3 Å². The lowest BCUT2D eigenvalue weighted by atomic mass is 9.99. The van der Waals surface area contributed by atoms with Gasteiger partial charge in [-0.2, -0.15) is 5.26 Å². The predicted molar refractivity (Wildman–Crippen MR) is 69.5 cm³/mol. The Balaban J connectivity index is 1.96. The van der Waals surface area contributed by atoms with Crippen molar-refractivity contribution in [1.82, 2.24) is 5.32 Å². The van der Waals surface area contributed by atoms with E-state index in [1.807, 2.05) is 24.3 Å². The summed E-state index contributed by atoms with van der Waals surface area (Å²) >= 11 is 0. The van der Waals surface area contributed by atoms with Crippen molar-refractivity contribution in [2.45, 2.75) is 38.3 Å². The van der Waals surface area contributed by atoms with Crippen LogP contribution in [-0.2, 0) is 0 Å². The van der Waals surface area contributed by atoms with Gasteiger partial charge in [-0.05, 0) is 43.9 Å². The normalized spacial score (nSPS) is 20.8. The summed E-state index contributed by atoms with van der Waals surface area (Å²) in [6, 6.07) is 10.9. The zero-order valence-electron chi connectivity index (χ0n) is 10.2. The molecule has 0 amide bonds. The first-order valence-corrected chi connectivity index (χ1v) is 6.20. The fraction of sp³-hybridized carbons (Fsp3) is 0.400. The van der Waals surface area contributed by atoms with E-state index < -0.39 is 0 Å². The number of benzene rings is 1. The van der Waals surface area contributed by atoms with Crippen molar-refractivity contribution < 1.29 is 0 Å². The van der Waals surface area contributed by atoms with Crippen LogP contribution in [0.15, 0.2) is 36.4 Å². The Hall–Kier alpha value is -1.59. The summed E-state index contributed by atoms with van der Waals surface area (Å²) in [4.78, 5) is 0. The summed E-state index contributed by atoms with van der Waals surface area (Å²) in [5.41, 5.74) is 1.97. The molecule has 1 N–H and O–H groups in total. The van der Waals surface area contributed by atoms with Gasteiger partial charge in [0.15, 0.2) is 0 Å². The number of hydrogen-bond donors (Lipinski definition) is 1. The maximum atomic E-state index is 8.75. The third kappa shape index (κ3) is 3.18. The minimum absolute atomic E-state index is 0.347. The maximum Gasteiger partial charge on any atom is 0.0991 e. The summed E-state index contributed by atoms with van der Waals surface area (Å²) in [5.74, 6) is 0. The molecule has 0 spiro atoms. The van der Waals surface area contributed by atoms with Crippen LogP contribution < -0.4 is 5.32 Å². The number of hydrogen-bond acceptors (Lipinski definition) is 2. The molecule has 0 saturated carbocycles. The van der Waals surface area contributed by atoms with Crippen molar-refractivity contribution in [3.63, 3.8) is 0 Å². The standard InChI is InChI=1S/C15H18N2/c1-12(17-15-5-3-2-4-6-15)14-9-7-13(11-16)8-10-14/h2-3,7-10,12,15,17H,4-6H2,1H3. The summed E-state index contributed by atoms with van der Waals surface area (Å²) in [6.45, 7) is 2.18. The highest BCUT2D eigenvalue weighted by atomic mass is 14.9. The smallest absolute Gasteiger partial charge is 0.0991 e. The highest BCUT2D eigenvalue weighted by Gasteiger charge is 2.13. The SMILES string of the molecule is CC(NC1CC=CCC1)c1ccc(C#N)cc1. The van der Waals surface area contributed by atoms with Gasteiger partial charge < -0.3 is 5.32 Å². The highest BCUT2D eigenvalue weighted by molar-refractivity contribution is 5.32. The van der Waals surface area contributed by atoms with Gasteiger partial charge in [0.05, 0.1) is 11.6 Å². The first-order valence-electron chi connectivity index (χ1n) is 6.20.